The zero-order chi connectivity index (χ0) is 63.6. The van der Waals surface area contributed by atoms with E-state index in [9.17, 15) is 0 Å². The van der Waals surface area contributed by atoms with Gasteiger partial charge in [0.15, 0.2) is 17.5 Å². The van der Waals surface area contributed by atoms with Gasteiger partial charge >= 0.3 is 0 Å². The van der Waals surface area contributed by atoms with Crippen LogP contribution in [0.4, 0.5) is 39.8 Å². The number of nitrogens with zero attached hydrogens (tertiary/aromatic N) is 7. The fraction of sp³-hybridized carbons (Fsp3) is 0. The number of hydrogen-bond acceptors (Lipinski definition) is 5. The number of para-hydroxylation sites is 3. The lowest BCUT2D eigenvalue weighted by molar-refractivity contribution is 1.07. The zero-order valence-electron chi connectivity index (χ0n) is 52.0. The Balaban J connectivity index is 0.883. The predicted octanol–water partition coefficient (Wildman–Crippen LogP) is 20.9. The molecular formula is C88H56BN7. The topological polar surface area (TPSA) is 54.4 Å². The Morgan fingerprint density at radius 3 is 1.08 bits per heavy atom. The van der Waals surface area contributed by atoms with E-state index in [1.54, 1.807) is 0 Å². The Labute approximate surface area is 557 Å². The quantitative estimate of drug-likeness (QED) is 0.0954. The molecule has 4 heterocycles. The Bertz CT molecular complexity index is 5360. The summed E-state index contributed by atoms with van der Waals surface area (Å²) >= 11 is 0. The van der Waals surface area contributed by atoms with Crippen molar-refractivity contribution in [3.63, 3.8) is 0 Å². The lowest BCUT2D eigenvalue weighted by atomic mass is 9.33. The molecule has 8 heteroatoms. The van der Waals surface area contributed by atoms with Crippen LogP contribution in [0.25, 0.3) is 122 Å². The molecule has 0 radical (unpaired) electrons. The summed E-state index contributed by atoms with van der Waals surface area (Å²) in [6, 6.07) is 122. The first-order valence-corrected chi connectivity index (χ1v) is 32.5. The highest BCUT2D eigenvalue weighted by atomic mass is 15.2. The second-order valence-electron chi connectivity index (χ2n) is 24.6. The lowest BCUT2D eigenvalue weighted by Crippen LogP contribution is -2.61. The Kier molecular flexibility index (Phi) is 13.6. The number of rotatable bonds is 11. The molecule has 0 bridgehead atoms. The van der Waals surface area contributed by atoms with E-state index < -0.39 is 0 Å². The van der Waals surface area contributed by atoms with E-state index in [-0.39, 0.29) is 6.71 Å². The minimum absolute atomic E-state index is 0.110. The number of benzene rings is 14. The SMILES string of the molecule is [C-]#[N+]c1ccc(-c2nc(-c3ccccc3)nc(-c3ccccc3)n2)cc1-n1c2ccccc2c2cc(-c3cc4c5c(c3)N(c3cc(-c6ccccc6)cc(-c6ccccc6)c3)c3ccccc3B5c3ccccc3N4c3cc(-c4ccccc4)cc(-c4ccccc4)c3)ccc21. The molecule has 96 heavy (non-hydrogen) atoms. The van der Waals surface area contributed by atoms with Gasteiger partial charge in [-0.2, -0.15) is 0 Å². The molecule has 0 aliphatic carbocycles. The molecule has 2 aromatic heterocycles. The molecule has 2 aliphatic heterocycles. The minimum Gasteiger partial charge on any atom is -0.319 e. The Morgan fingerprint density at radius 2 is 0.625 bits per heavy atom. The normalized spacial score (nSPS) is 12.1. The maximum atomic E-state index is 8.68. The summed E-state index contributed by atoms with van der Waals surface area (Å²) < 4.78 is 2.25. The first-order valence-electron chi connectivity index (χ1n) is 32.5. The number of anilines is 6. The fourth-order valence-electron chi connectivity index (χ4n) is 14.6. The molecule has 0 fully saturated rings. The number of fused-ring (bicyclic) bond motifs is 7. The lowest BCUT2D eigenvalue weighted by Gasteiger charge is -2.44. The second-order valence-corrected chi connectivity index (χ2v) is 24.6. The number of hydrogen-bond donors (Lipinski definition) is 0. The van der Waals surface area contributed by atoms with E-state index in [2.05, 4.69) is 286 Å². The summed E-state index contributed by atoms with van der Waals surface area (Å²) in [4.78, 5) is 24.5. The maximum absolute atomic E-state index is 8.68. The smallest absolute Gasteiger partial charge is 0.252 e. The molecule has 0 spiro atoms. The summed E-state index contributed by atoms with van der Waals surface area (Å²) in [7, 11) is 0. The van der Waals surface area contributed by atoms with Crippen LogP contribution in [-0.2, 0) is 0 Å². The third-order valence-corrected chi connectivity index (χ3v) is 19.0. The third kappa shape index (κ3) is 9.64. The van der Waals surface area contributed by atoms with Gasteiger partial charge in [-0.3, -0.25) is 0 Å². The van der Waals surface area contributed by atoms with Crippen molar-refractivity contribution in [3.8, 4) is 95.5 Å². The van der Waals surface area contributed by atoms with Crippen molar-refractivity contribution in [3.05, 3.63) is 351 Å². The average molecular weight is 1220 g/mol. The highest BCUT2D eigenvalue weighted by Gasteiger charge is 2.44. The summed E-state index contributed by atoms with van der Waals surface area (Å²) in [6.07, 6.45) is 0. The van der Waals surface area contributed by atoms with Gasteiger partial charge in [0, 0.05) is 61.6 Å². The molecule has 7 nitrogen and oxygen atoms in total. The largest absolute Gasteiger partial charge is 0.319 e. The number of aromatic nitrogens is 4. The van der Waals surface area contributed by atoms with Crippen molar-refractivity contribution in [2.45, 2.75) is 0 Å². The molecule has 14 aromatic carbocycles. The van der Waals surface area contributed by atoms with Crippen LogP contribution in [0.3, 0.4) is 0 Å². The van der Waals surface area contributed by atoms with Crippen molar-refractivity contribution in [1.29, 1.82) is 0 Å². The molecule has 16 aromatic rings. The Hall–Kier alpha value is -13.0. The molecule has 0 unspecified atom stereocenters. The van der Waals surface area contributed by atoms with E-state index in [0.29, 0.717) is 23.2 Å². The van der Waals surface area contributed by atoms with E-state index in [0.717, 1.165) is 134 Å². The third-order valence-electron chi connectivity index (χ3n) is 19.0. The van der Waals surface area contributed by atoms with Crippen LogP contribution in [-0.4, -0.2) is 26.2 Å². The van der Waals surface area contributed by atoms with Crippen molar-refractivity contribution in [1.82, 2.24) is 19.5 Å². The van der Waals surface area contributed by atoms with Crippen LogP contribution in [0, 0.1) is 6.57 Å². The summed E-state index contributed by atoms with van der Waals surface area (Å²) in [5, 5.41) is 2.12. The molecule has 0 N–H and O–H groups in total. The predicted molar refractivity (Wildman–Crippen MR) is 398 cm³/mol. The summed E-state index contributed by atoms with van der Waals surface area (Å²) in [5.74, 6) is 1.66. The molecule has 0 atom stereocenters. The first-order chi connectivity index (χ1) is 47.5. The van der Waals surface area contributed by atoms with Gasteiger partial charge in [-0.1, -0.05) is 255 Å². The molecule has 0 saturated heterocycles. The minimum atomic E-state index is -0.110. The summed E-state index contributed by atoms with van der Waals surface area (Å²) in [5.41, 5.74) is 27.2. The highest BCUT2D eigenvalue weighted by Crippen LogP contribution is 2.50. The van der Waals surface area contributed by atoms with Crippen LogP contribution in [0.1, 0.15) is 0 Å². The van der Waals surface area contributed by atoms with Gasteiger partial charge in [-0.25, -0.2) is 19.8 Å². The van der Waals surface area contributed by atoms with E-state index >= 15 is 0 Å². The highest BCUT2D eigenvalue weighted by molar-refractivity contribution is 7.00. The van der Waals surface area contributed by atoms with E-state index in [1.165, 1.54) is 16.4 Å². The molecule has 0 saturated carbocycles. The summed E-state index contributed by atoms with van der Waals surface area (Å²) in [6.45, 7) is 8.57. The standard InChI is InChI=1S/C88H56BN7/c1-90-77-46-44-65(88-92-86(62-34-16-6-17-35-62)91-87(93-88)63-36-18-7-19-37-63)55-82(77)96-78-41-23-20-38-73(78)74-54-64(45-47-79(74)96)70-56-83-85-84(57-70)95(72-52-68(60-30-12-4-13-31-60)49-69(53-72)61-32-14-5-15-33-61)81-43-25-22-40-76(81)89(85)75-39-21-24-42-80(75)94(83)71-50-66(58-26-8-2-9-27-58)48-67(51-71)59-28-10-3-11-29-59/h2-57H. The second kappa shape index (κ2) is 23.3. The molecule has 0 amide bonds. The van der Waals surface area contributed by atoms with E-state index in [1.807, 2.05) is 72.8 Å². The van der Waals surface area contributed by atoms with Gasteiger partial charge in [0.05, 0.1) is 23.3 Å². The van der Waals surface area contributed by atoms with Crippen LogP contribution >= 0.6 is 0 Å². The Morgan fingerprint density at radius 1 is 0.260 bits per heavy atom. The van der Waals surface area contributed by atoms with Crippen molar-refractivity contribution in [2.75, 3.05) is 9.80 Å². The molecule has 446 valence electrons. The van der Waals surface area contributed by atoms with Crippen LogP contribution in [0.5, 0.6) is 0 Å². The van der Waals surface area contributed by atoms with Crippen molar-refractivity contribution in [2.24, 2.45) is 0 Å². The van der Waals surface area contributed by atoms with E-state index in [4.69, 9.17) is 21.5 Å². The maximum Gasteiger partial charge on any atom is 0.252 e. The van der Waals surface area contributed by atoms with Gasteiger partial charge in [0.1, 0.15) is 0 Å². The van der Waals surface area contributed by atoms with Crippen LogP contribution in [0.2, 0.25) is 0 Å². The van der Waals surface area contributed by atoms with Crippen LogP contribution in [0.15, 0.2) is 340 Å². The van der Waals surface area contributed by atoms with Crippen molar-refractivity contribution >= 4 is 84.7 Å². The molecule has 18 rings (SSSR count). The monoisotopic (exact) mass is 1220 g/mol. The zero-order valence-corrected chi connectivity index (χ0v) is 52.0. The molecular weight excluding hydrogens is 1170 g/mol. The van der Waals surface area contributed by atoms with Gasteiger partial charge in [-0.05, 0) is 157 Å². The van der Waals surface area contributed by atoms with Crippen molar-refractivity contribution < 1.29 is 0 Å². The first kappa shape index (κ1) is 55.9. The average Bonchev–Trinajstić information content (AvgIpc) is 1.48. The fourth-order valence-corrected chi connectivity index (χ4v) is 14.6. The molecule has 2 aliphatic rings. The van der Waals surface area contributed by atoms with Gasteiger partial charge in [-0.15, -0.1) is 0 Å². The van der Waals surface area contributed by atoms with Gasteiger partial charge in [0.2, 0.25) is 5.69 Å². The van der Waals surface area contributed by atoms with Gasteiger partial charge < -0.3 is 14.4 Å². The van der Waals surface area contributed by atoms with Crippen LogP contribution < -0.4 is 26.2 Å². The van der Waals surface area contributed by atoms with Gasteiger partial charge in [0.25, 0.3) is 6.71 Å².